The summed E-state index contributed by atoms with van der Waals surface area (Å²) in [5.41, 5.74) is 0. The third kappa shape index (κ3) is 4.14. The van der Waals surface area contributed by atoms with Gasteiger partial charge in [-0.3, -0.25) is 8.82 Å². The third-order valence-corrected chi connectivity index (χ3v) is 7.14. The maximum atomic E-state index is 12.5. The number of unbranched alkanes of at least 4 members (excludes halogenated alkanes) is 3. The van der Waals surface area contributed by atoms with Crippen LogP contribution in [0.25, 0.3) is 0 Å². The molecule has 14 heavy (non-hydrogen) atoms. The number of hydrogen-bond donors (Lipinski definition) is 0. The Kier molecular flexibility index (Phi) is 6.00. The summed E-state index contributed by atoms with van der Waals surface area (Å²) in [5.74, 6) is 0. The quantitative estimate of drug-likeness (QED) is 0.473. The molecule has 0 aliphatic rings. The summed E-state index contributed by atoms with van der Waals surface area (Å²) < 4.78 is 13.2. The van der Waals surface area contributed by atoms with Gasteiger partial charge in [-0.2, -0.15) is 0 Å². The van der Waals surface area contributed by atoms with Gasteiger partial charge in [0.05, 0.1) is 27.3 Å². The van der Waals surface area contributed by atoms with E-state index in [1.165, 1.54) is 19.3 Å². The van der Waals surface area contributed by atoms with E-state index in [4.69, 9.17) is 0 Å². The molecular formula is C11H27NOP+. The zero-order valence-corrected chi connectivity index (χ0v) is 11.4. The SMILES string of the molecule is CCCCCCP(=O)(CC)[N+](C)(C)C. The Morgan fingerprint density at radius 1 is 1.00 bits per heavy atom. The van der Waals surface area contributed by atoms with Crippen LogP contribution in [0.5, 0.6) is 0 Å². The monoisotopic (exact) mass is 220 g/mol. The van der Waals surface area contributed by atoms with E-state index in [0.29, 0.717) is 4.25 Å². The Labute approximate surface area is 89.7 Å². The Hall–Kier alpha value is 0.190. The minimum Gasteiger partial charge on any atom is -0.291 e. The molecule has 2 nitrogen and oxygen atoms in total. The summed E-state index contributed by atoms with van der Waals surface area (Å²) in [7, 11) is 4.19. The van der Waals surface area contributed by atoms with E-state index >= 15 is 0 Å². The first kappa shape index (κ1) is 14.2. The van der Waals surface area contributed by atoms with Gasteiger partial charge in [-0.05, 0) is 6.42 Å². The molecule has 0 saturated carbocycles. The van der Waals surface area contributed by atoms with Gasteiger partial charge in [-0.25, -0.2) is 0 Å². The highest BCUT2D eigenvalue weighted by Gasteiger charge is 2.33. The number of rotatable bonds is 7. The first-order valence-electron chi connectivity index (χ1n) is 5.77. The van der Waals surface area contributed by atoms with Gasteiger partial charge in [-0.1, -0.05) is 33.1 Å². The molecule has 0 bridgehead atoms. The predicted molar refractivity (Wildman–Crippen MR) is 65.2 cm³/mol. The molecule has 0 aromatic rings. The summed E-state index contributed by atoms with van der Waals surface area (Å²) in [4.78, 5) is 0. The normalized spacial score (nSPS) is 16.6. The minimum absolute atomic E-state index is 0.648. The molecule has 0 heterocycles. The van der Waals surface area contributed by atoms with Crippen LogP contribution in [0.2, 0.25) is 0 Å². The second-order valence-electron chi connectivity index (χ2n) is 4.89. The maximum absolute atomic E-state index is 12.5. The first-order valence-corrected chi connectivity index (χ1v) is 7.80. The van der Waals surface area contributed by atoms with Crippen molar-refractivity contribution in [3.63, 3.8) is 0 Å². The van der Waals surface area contributed by atoms with Gasteiger partial charge in [0, 0.05) is 6.16 Å². The average molecular weight is 220 g/mol. The molecule has 0 amide bonds. The van der Waals surface area contributed by atoms with E-state index in [9.17, 15) is 4.57 Å². The van der Waals surface area contributed by atoms with Crippen molar-refractivity contribution >= 4 is 7.29 Å². The van der Waals surface area contributed by atoms with Gasteiger partial charge < -0.3 is 0 Å². The average Bonchev–Trinajstić information content (AvgIpc) is 2.10. The molecule has 0 aromatic heterocycles. The molecule has 3 heteroatoms. The molecule has 1 unspecified atom stereocenters. The fraction of sp³-hybridized carbons (Fsp3) is 1.00. The van der Waals surface area contributed by atoms with Crippen LogP contribution in [0.4, 0.5) is 0 Å². The highest BCUT2D eigenvalue weighted by atomic mass is 31.2. The van der Waals surface area contributed by atoms with Gasteiger partial charge >= 0.3 is 0 Å². The maximum Gasteiger partial charge on any atom is 0.247 e. The van der Waals surface area contributed by atoms with E-state index < -0.39 is 7.29 Å². The van der Waals surface area contributed by atoms with Gasteiger partial charge in [0.15, 0.2) is 0 Å². The molecule has 86 valence electrons. The van der Waals surface area contributed by atoms with E-state index in [-0.39, 0.29) is 0 Å². The number of nitrogens with zero attached hydrogens (tertiary/aromatic N) is 1. The smallest absolute Gasteiger partial charge is 0.247 e. The zero-order valence-electron chi connectivity index (χ0n) is 10.5. The lowest BCUT2D eigenvalue weighted by Gasteiger charge is -2.33. The molecular weight excluding hydrogens is 193 g/mol. The number of quaternary nitrogens is 1. The van der Waals surface area contributed by atoms with Crippen molar-refractivity contribution < 1.29 is 8.82 Å². The fourth-order valence-electron chi connectivity index (χ4n) is 1.67. The molecule has 0 rings (SSSR count). The van der Waals surface area contributed by atoms with Crippen molar-refractivity contribution in [2.75, 3.05) is 33.5 Å². The molecule has 0 fully saturated rings. The number of hydrogen-bond acceptors (Lipinski definition) is 1. The minimum atomic E-state index is -1.99. The Balaban J connectivity index is 4.08. The van der Waals surface area contributed by atoms with Crippen molar-refractivity contribution in [2.24, 2.45) is 0 Å². The van der Waals surface area contributed by atoms with Crippen molar-refractivity contribution in [1.29, 1.82) is 0 Å². The largest absolute Gasteiger partial charge is 0.291 e. The molecule has 0 radical (unpaired) electrons. The van der Waals surface area contributed by atoms with Crippen LogP contribution in [0.1, 0.15) is 39.5 Å². The summed E-state index contributed by atoms with van der Waals surface area (Å²) in [6.07, 6.45) is 6.66. The standard InChI is InChI=1S/C11H27NOP/c1-6-8-9-10-11-14(13,7-2)12(3,4)5/h6-11H2,1-5H3/q+1. The third-order valence-electron chi connectivity index (χ3n) is 2.95. The molecule has 0 aliphatic carbocycles. The van der Waals surface area contributed by atoms with E-state index in [2.05, 4.69) is 35.0 Å². The summed E-state index contributed by atoms with van der Waals surface area (Å²) in [5, 5.41) is 0. The Bertz CT molecular complexity index is 196. The predicted octanol–water partition coefficient (Wildman–Crippen LogP) is 3.57. The first-order chi connectivity index (χ1) is 6.37. The van der Waals surface area contributed by atoms with Crippen LogP contribution < -0.4 is 0 Å². The van der Waals surface area contributed by atoms with Crippen LogP contribution in [0.15, 0.2) is 0 Å². The molecule has 0 N–H and O–H groups in total. The second kappa shape index (κ2) is 5.92. The van der Waals surface area contributed by atoms with Crippen LogP contribution in [-0.2, 0) is 4.57 Å². The Morgan fingerprint density at radius 2 is 1.57 bits per heavy atom. The molecule has 0 saturated heterocycles. The van der Waals surface area contributed by atoms with Crippen LogP contribution in [0, 0.1) is 0 Å². The second-order valence-corrected chi connectivity index (χ2v) is 8.86. The lowest BCUT2D eigenvalue weighted by Crippen LogP contribution is -2.32. The van der Waals surface area contributed by atoms with Crippen molar-refractivity contribution in [3.05, 3.63) is 0 Å². The lowest BCUT2D eigenvalue weighted by atomic mass is 10.2. The van der Waals surface area contributed by atoms with Crippen molar-refractivity contribution in [1.82, 2.24) is 0 Å². The fourth-order valence-corrected chi connectivity index (χ4v) is 4.15. The molecule has 0 aliphatic heterocycles. The topological polar surface area (TPSA) is 17.1 Å². The summed E-state index contributed by atoms with van der Waals surface area (Å²) >= 11 is 0. The van der Waals surface area contributed by atoms with Gasteiger partial charge in [-0.15, -0.1) is 0 Å². The van der Waals surface area contributed by atoms with E-state index in [1.54, 1.807) is 0 Å². The van der Waals surface area contributed by atoms with Gasteiger partial charge in [0.2, 0.25) is 7.29 Å². The van der Waals surface area contributed by atoms with Gasteiger partial charge in [0.25, 0.3) is 0 Å². The Morgan fingerprint density at radius 3 is 1.93 bits per heavy atom. The van der Waals surface area contributed by atoms with Crippen LogP contribution in [0.3, 0.4) is 0 Å². The van der Waals surface area contributed by atoms with E-state index in [0.717, 1.165) is 18.7 Å². The van der Waals surface area contributed by atoms with Gasteiger partial charge in [0.1, 0.15) is 0 Å². The molecule has 0 aromatic carbocycles. The van der Waals surface area contributed by atoms with Crippen LogP contribution >= 0.6 is 7.29 Å². The zero-order chi connectivity index (χ0) is 11.2. The van der Waals surface area contributed by atoms with Crippen LogP contribution in [-0.4, -0.2) is 37.7 Å². The summed E-state index contributed by atoms with van der Waals surface area (Å²) in [6.45, 7) is 4.27. The highest BCUT2D eigenvalue weighted by Crippen LogP contribution is 2.52. The molecule has 1 atom stereocenters. The molecule has 0 spiro atoms. The van der Waals surface area contributed by atoms with Crippen molar-refractivity contribution in [3.8, 4) is 0 Å². The van der Waals surface area contributed by atoms with Crippen molar-refractivity contribution in [2.45, 2.75) is 39.5 Å². The van der Waals surface area contributed by atoms with E-state index in [1.807, 2.05) is 0 Å². The summed E-state index contributed by atoms with van der Waals surface area (Å²) in [6, 6.07) is 0. The lowest BCUT2D eigenvalue weighted by molar-refractivity contribution is -0.746. The highest BCUT2D eigenvalue weighted by molar-refractivity contribution is 7.58.